The summed E-state index contributed by atoms with van der Waals surface area (Å²) in [6.07, 6.45) is 1.29. The van der Waals surface area contributed by atoms with Gasteiger partial charge in [0.2, 0.25) is 0 Å². The van der Waals surface area contributed by atoms with Crippen molar-refractivity contribution in [3.8, 4) is 0 Å². The first-order valence-corrected chi connectivity index (χ1v) is 8.28. The number of para-hydroxylation sites is 2. The monoisotopic (exact) mass is 337 g/mol. The van der Waals surface area contributed by atoms with E-state index in [1.165, 1.54) is 0 Å². The molecular weight excluding hydrogens is 318 g/mol. The fraction of sp³-hybridized carbons (Fsp3) is 0.263. The molecule has 1 atom stereocenters. The Kier molecular flexibility index (Phi) is 4.45. The molecule has 1 aliphatic heterocycles. The van der Waals surface area contributed by atoms with Gasteiger partial charge in [0.15, 0.2) is 6.10 Å². The molecular formula is C19H19N3O3. The lowest BCUT2D eigenvalue weighted by atomic mass is 10.2. The van der Waals surface area contributed by atoms with E-state index in [2.05, 4.69) is 14.9 Å². The minimum absolute atomic E-state index is 0.176. The second-order valence-corrected chi connectivity index (χ2v) is 5.99. The Hall–Kier alpha value is -2.70. The van der Waals surface area contributed by atoms with E-state index >= 15 is 0 Å². The van der Waals surface area contributed by atoms with Crippen LogP contribution in [-0.2, 0) is 20.8 Å². The highest BCUT2D eigenvalue weighted by Crippen LogP contribution is 2.17. The van der Waals surface area contributed by atoms with Crippen molar-refractivity contribution < 1.29 is 14.3 Å². The molecule has 0 saturated carbocycles. The van der Waals surface area contributed by atoms with Crippen molar-refractivity contribution in [2.24, 2.45) is 0 Å². The summed E-state index contributed by atoms with van der Waals surface area (Å²) < 4.78 is 12.8. The van der Waals surface area contributed by atoms with Crippen LogP contribution in [0.25, 0.3) is 11.0 Å². The van der Waals surface area contributed by atoms with Crippen LogP contribution in [0.3, 0.4) is 0 Å². The third-order valence-electron chi connectivity index (χ3n) is 4.18. The van der Waals surface area contributed by atoms with Gasteiger partial charge in [-0.25, -0.2) is 4.98 Å². The number of nitrogens with zero attached hydrogens (tertiary/aromatic N) is 2. The van der Waals surface area contributed by atoms with E-state index in [-0.39, 0.29) is 5.91 Å². The van der Waals surface area contributed by atoms with E-state index in [0.29, 0.717) is 26.4 Å². The van der Waals surface area contributed by atoms with E-state index in [0.717, 1.165) is 22.3 Å². The van der Waals surface area contributed by atoms with Crippen LogP contribution < -0.4 is 5.32 Å². The van der Waals surface area contributed by atoms with Crippen molar-refractivity contribution in [1.29, 1.82) is 0 Å². The van der Waals surface area contributed by atoms with Crippen molar-refractivity contribution in [2.45, 2.75) is 12.6 Å². The summed E-state index contributed by atoms with van der Waals surface area (Å²) in [6, 6.07) is 15.8. The van der Waals surface area contributed by atoms with Gasteiger partial charge in [0.1, 0.15) is 0 Å². The number of amides is 1. The van der Waals surface area contributed by atoms with Gasteiger partial charge in [-0.05, 0) is 29.8 Å². The molecule has 1 N–H and O–H groups in total. The predicted octanol–water partition coefficient (Wildman–Crippen LogP) is 2.44. The molecule has 3 aromatic rings. The molecule has 6 nitrogen and oxygen atoms in total. The maximum absolute atomic E-state index is 12.2. The van der Waals surface area contributed by atoms with Crippen LogP contribution in [0.4, 0.5) is 5.69 Å². The summed E-state index contributed by atoms with van der Waals surface area (Å²) >= 11 is 0. The molecule has 1 fully saturated rings. The fourth-order valence-electron chi connectivity index (χ4n) is 2.94. The average Bonchev–Trinajstić information content (AvgIpc) is 3.06. The number of hydrogen-bond acceptors (Lipinski definition) is 4. The number of nitrogens with one attached hydrogen (secondary N) is 1. The number of benzene rings is 2. The second kappa shape index (κ2) is 7.04. The van der Waals surface area contributed by atoms with Crippen LogP contribution in [0.1, 0.15) is 5.56 Å². The molecule has 2 aromatic carbocycles. The molecule has 1 aliphatic rings. The smallest absolute Gasteiger partial charge is 0.255 e. The number of carbonyl (C=O) groups excluding carboxylic acids is 1. The standard InChI is InChI=1S/C19H19N3O3/c23-19(18-12-24-8-9-25-18)21-15-5-3-4-14(10-15)11-22-13-20-16-6-1-2-7-17(16)22/h1-7,10,13,18H,8-9,11-12H2,(H,21,23)/t18-/m1/s1. The SMILES string of the molecule is O=C(Nc1cccc(Cn2cnc3ccccc32)c1)[C@H]1COCCO1. The largest absolute Gasteiger partial charge is 0.376 e. The average molecular weight is 337 g/mol. The second-order valence-electron chi connectivity index (χ2n) is 5.99. The molecule has 1 aromatic heterocycles. The first-order chi connectivity index (χ1) is 12.3. The van der Waals surface area contributed by atoms with Gasteiger partial charge < -0.3 is 19.4 Å². The maximum Gasteiger partial charge on any atom is 0.255 e. The number of aromatic nitrogens is 2. The molecule has 128 valence electrons. The van der Waals surface area contributed by atoms with Crippen LogP contribution in [0, 0.1) is 0 Å². The molecule has 1 amide bonds. The van der Waals surface area contributed by atoms with Gasteiger partial charge in [-0.1, -0.05) is 24.3 Å². The van der Waals surface area contributed by atoms with Crippen LogP contribution in [0.2, 0.25) is 0 Å². The van der Waals surface area contributed by atoms with Gasteiger partial charge in [0, 0.05) is 12.2 Å². The first-order valence-electron chi connectivity index (χ1n) is 8.28. The fourth-order valence-corrected chi connectivity index (χ4v) is 2.94. The molecule has 2 heterocycles. The summed E-state index contributed by atoms with van der Waals surface area (Å²) in [7, 11) is 0. The lowest BCUT2D eigenvalue weighted by Gasteiger charge is -2.22. The Labute approximate surface area is 145 Å². The summed E-state index contributed by atoms with van der Waals surface area (Å²) in [4.78, 5) is 16.6. The molecule has 6 heteroatoms. The van der Waals surface area contributed by atoms with E-state index < -0.39 is 6.10 Å². The van der Waals surface area contributed by atoms with Crippen LogP contribution in [-0.4, -0.2) is 41.4 Å². The first kappa shape index (κ1) is 15.8. The third-order valence-corrected chi connectivity index (χ3v) is 4.18. The van der Waals surface area contributed by atoms with E-state index in [9.17, 15) is 4.79 Å². The van der Waals surface area contributed by atoms with Crippen LogP contribution >= 0.6 is 0 Å². The summed E-state index contributed by atoms with van der Waals surface area (Å²) in [6.45, 7) is 1.98. The van der Waals surface area contributed by atoms with Crippen molar-refractivity contribution in [3.05, 3.63) is 60.4 Å². The quantitative estimate of drug-likeness (QED) is 0.794. The highest BCUT2D eigenvalue weighted by Gasteiger charge is 2.22. The number of ether oxygens (including phenoxy) is 2. The summed E-state index contributed by atoms with van der Waals surface area (Å²) in [5, 5.41) is 2.90. The van der Waals surface area contributed by atoms with Crippen LogP contribution in [0.15, 0.2) is 54.9 Å². The summed E-state index contributed by atoms with van der Waals surface area (Å²) in [5.41, 5.74) is 3.90. The zero-order valence-corrected chi connectivity index (χ0v) is 13.7. The van der Waals surface area contributed by atoms with Gasteiger partial charge in [0.05, 0.1) is 37.2 Å². The molecule has 0 bridgehead atoms. The molecule has 0 aliphatic carbocycles. The number of fused-ring (bicyclic) bond motifs is 1. The molecule has 25 heavy (non-hydrogen) atoms. The Morgan fingerprint density at radius 1 is 1.20 bits per heavy atom. The minimum atomic E-state index is -0.546. The third kappa shape index (κ3) is 3.55. The molecule has 1 saturated heterocycles. The normalized spacial score (nSPS) is 17.5. The van der Waals surface area contributed by atoms with Gasteiger partial charge in [-0.3, -0.25) is 4.79 Å². The highest BCUT2D eigenvalue weighted by molar-refractivity contribution is 5.94. The zero-order valence-electron chi connectivity index (χ0n) is 13.7. The Balaban J connectivity index is 1.48. The molecule has 0 unspecified atom stereocenters. The topological polar surface area (TPSA) is 65.4 Å². The number of imidazole rings is 1. The Bertz CT molecular complexity index is 884. The van der Waals surface area contributed by atoms with Crippen LogP contribution in [0.5, 0.6) is 0 Å². The molecule has 0 radical (unpaired) electrons. The minimum Gasteiger partial charge on any atom is -0.376 e. The van der Waals surface area contributed by atoms with E-state index in [1.54, 1.807) is 0 Å². The number of hydrogen-bond donors (Lipinski definition) is 1. The Morgan fingerprint density at radius 2 is 2.12 bits per heavy atom. The maximum atomic E-state index is 12.2. The lowest BCUT2D eigenvalue weighted by Crippen LogP contribution is -2.39. The van der Waals surface area contributed by atoms with Gasteiger partial charge >= 0.3 is 0 Å². The summed E-state index contributed by atoms with van der Waals surface area (Å²) in [5.74, 6) is -0.176. The number of rotatable bonds is 4. The van der Waals surface area contributed by atoms with Crippen molar-refractivity contribution in [1.82, 2.24) is 9.55 Å². The zero-order chi connectivity index (χ0) is 17.1. The van der Waals surface area contributed by atoms with Crippen molar-refractivity contribution in [3.63, 3.8) is 0 Å². The number of carbonyl (C=O) groups is 1. The van der Waals surface area contributed by atoms with Gasteiger partial charge in [-0.2, -0.15) is 0 Å². The predicted molar refractivity (Wildman–Crippen MR) is 94.5 cm³/mol. The Morgan fingerprint density at radius 3 is 3.00 bits per heavy atom. The van der Waals surface area contributed by atoms with E-state index in [1.807, 2.05) is 54.9 Å². The number of anilines is 1. The van der Waals surface area contributed by atoms with Crippen molar-refractivity contribution in [2.75, 3.05) is 25.1 Å². The van der Waals surface area contributed by atoms with E-state index in [4.69, 9.17) is 9.47 Å². The highest BCUT2D eigenvalue weighted by atomic mass is 16.6. The van der Waals surface area contributed by atoms with Gasteiger partial charge in [-0.15, -0.1) is 0 Å². The van der Waals surface area contributed by atoms with Crippen molar-refractivity contribution >= 4 is 22.6 Å². The molecule has 0 spiro atoms. The van der Waals surface area contributed by atoms with Gasteiger partial charge in [0.25, 0.3) is 5.91 Å². The lowest BCUT2D eigenvalue weighted by molar-refractivity contribution is -0.142. The molecule has 4 rings (SSSR count).